The van der Waals surface area contributed by atoms with Crippen molar-refractivity contribution in [1.82, 2.24) is 0 Å². The van der Waals surface area contributed by atoms with Gasteiger partial charge >= 0.3 is 0 Å². The van der Waals surface area contributed by atoms with Gasteiger partial charge in [0.05, 0.1) is 6.61 Å². The van der Waals surface area contributed by atoms with Crippen LogP contribution >= 0.6 is 0 Å². The van der Waals surface area contributed by atoms with Crippen LogP contribution in [0.3, 0.4) is 0 Å². The number of ether oxygens (including phenoxy) is 2. The fraction of sp³-hybridized carbons (Fsp3) is 0.909. The lowest BCUT2D eigenvalue weighted by atomic mass is 10.0. The van der Waals surface area contributed by atoms with Crippen molar-refractivity contribution in [3.63, 3.8) is 0 Å². The summed E-state index contributed by atoms with van der Waals surface area (Å²) in [6.07, 6.45) is 12.8. The molecule has 4 N–H and O–H groups in total. The molecule has 0 aromatic rings. The summed E-state index contributed by atoms with van der Waals surface area (Å²) in [5.74, 6) is -2.07. The number of aliphatic hydroxyl groups is 4. The van der Waals surface area contributed by atoms with Gasteiger partial charge in [-0.3, -0.25) is 0 Å². The highest BCUT2D eigenvalue weighted by atomic mass is 16.7. The van der Waals surface area contributed by atoms with Crippen molar-refractivity contribution < 1.29 is 31.3 Å². The summed E-state index contributed by atoms with van der Waals surface area (Å²) in [6.45, 7) is 0.0916. The molecule has 1 saturated heterocycles. The topological polar surface area (TPSA) is 99.4 Å². The van der Waals surface area contributed by atoms with Crippen molar-refractivity contribution in [2.24, 2.45) is 0 Å². The minimum Gasteiger partial charge on any atom is -0.507 e. The van der Waals surface area contributed by atoms with Gasteiger partial charge in [0.25, 0.3) is 5.79 Å². The number of unbranched alkanes of at least 4 members (excludes halogenated alkanes) is 12. The highest BCUT2D eigenvalue weighted by Gasteiger charge is 2.57. The van der Waals surface area contributed by atoms with Gasteiger partial charge in [-0.1, -0.05) is 77.5 Å². The zero-order chi connectivity index (χ0) is 21.5. The Morgan fingerprint density at radius 3 is 2.00 bits per heavy atom. The molecule has 6 heteroatoms. The number of hydrogen-bond acceptors (Lipinski definition) is 6. The maximum absolute atomic E-state index is 10.3. The summed E-state index contributed by atoms with van der Waals surface area (Å²) in [7, 11) is 1.29. The average Bonchev–Trinajstić information content (AvgIpc) is 2.99. The first-order chi connectivity index (χ1) is 14.0. The first-order valence-electron chi connectivity index (χ1n) is 11.6. The zero-order valence-corrected chi connectivity index (χ0v) is 17.5. The van der Waals surface area contributed by atoms with E-state index in [1.54, 1.807) is 6.08 Å². The Kier molecular flexibility index (Phi) is 12.1. The predicted octanol–water partition coefficient (Wildman–Crippen LogP) is 3.98. The van der Waals surface area contributed by atoms with E-state index in [-0.39, 0.29) is 5.76 Å². The van der Waals surface area contributed by atoms with Crippen molar-refractivity contribution >= 4 is 0 Å². The Morgan fingerprint density at radius 1 is 1.00 bits per heavy atom. The third-order valence-electron chi connectivity index (χ3n) is 5.55. The summed E-state index contributed by atoms with van der Waals surface area (Å²) in [5, 5.41) is 39.6. The van der Waals surface area contributed by atoms with Gasteiger partial charge in [-0.05, 0) is 18.9 Å². The third kappa shape index (κ3) is 7.64. The van der Waals surface area contributed by atoms with Gasteiger partial charge in [-0.15, -0.1) is 0 Å². The smallest absolute Gasteiger partial charge is 0.257 e. The summed E-state index contributed by atoms with van der Waals surface area (Å²) >= 11 is 0. The molecule has 0 aliphatic carbocycles. The number of methoxy groups -OCH3 is 1. The maximum Gasteiger partial charge on any atom is 0.257 e. The molecule has 0 radical (unpaired) electrons. The van der Waals surface area contributed by atoms with Gasteiger partial charge in [0.1, 0.15) is 18.3 Å². The molecule has 0 bridgehead atoms. The monoisotopic (exact) mass is 403 g/mol. The lowest BCUT2D eigenvalue weighted by Crippen LogP contribution is -2.46. The van der Waals surface area contributed by atoms with E-state index in [0.717, 1.165) is 25.7 Å². The first-order valence-corrected chi connectivity index (χ1v) is 10.9. The Balaban J connectivity index is 2.12. The molecule has 0 saturated carbocycles. The summed E-state index contributed by atoms with van der Waals surface area (Å²) in [5.41, 5.74) is 0. The molecular weight excluding hydrogens is 360 g/mol. The van der Waals surface area contributed by atoms with Gasteiger partial charge in [0.15, 0.2) is 5.76 Å². The van der Waals surface area contributed by atoms with E-state index in [2.05, 4.69) is 0 Å². The van der Waals surface area contributed by atoms with Crippen LogP contribution in [0.2, 0.25) is 0 Å². The highest BCUT2D eigenvalue weighted by Crippen LogP contribution is 2.37. The molecule has 1 fully saturated rings. The van der Waals surface area contributed by atoms with Crippen LogP contribution in [0.4, 0.5) is 0 Å². The molecule has 0 amide bonds. The summed E-state index contributed by atoms with van der Waals surface area (Å²) in [4.78, 5) is 0. The van der Waals surface area contributed by atoms with E-state index in [1.807, 2.05) is 0 Å². The van der Waals surface area contributed by atoms with E-state index >= 15 is 0 Å². The van der Waals surface area contributed by atoms with E-state index in [9.17, 15) is 20.4 Å². The lowest BCUT2D eigenvalue weighted by Gasteiger charge is -2.29. The van der Waals surface area contributed by atoms with Crippen LogP contribution in [0, 0.1) is 0 Å². The number of aliphatic hydroxyl groups excluding tert-OH is 4. The molecule has 4 atom stereocenters. The number of rotatable bonds is 16. The van der Waals surface area contributed by atoms with Gasteiger partial charge in [0.2, 0.25) is 0 Å². The Bertz CT molecular complexity index is 447. The molecule has 0 aromatic carbocycles. The third-order valence-corrected chi connectivity index (χ3v) is 5.55. The van der Waals surface area contributed by atoms with E-state index in [0.29, 0.717) is 13.3 Å². The van der Waals surface area contributed by atoms with Gasteiger partial charge < -0.3 is 29.9 Å². The fourth-order valence-corrected chi connectivity index (χ4v) is 3.72. The minimum absolute atomic E-state index is 0.259. The minimum atomic E-state index is -1.81. The molecule has 0 spiro atoms. The SMILES string of the molecule is [2H]CCCCCCCCCCCCCCC=C(O)C1(OC)O[C@H](CO)[C@@H](O)[C@@H]1O. The molecule has 28 heavy (non-hydrogen) atoms. The maximum atomic E-state index is 10.3. The fourth-order valence-electron chi connectivity index (χ4n) is 3.72. The second-order valence-corrected chi connectivity index (χ2v) is 7.77. The second-order valence-electron chi connectivity index (χ2n) is 7.77. The normalized spacial score (nSPS) is 28.6. The van der Waals surface area contributed by atoms with Crippen LogP contribution in [0.5, 0.6) is 0 Å². The molecule has 1 aliphatic rings. The predicted molar refractivity (Wildman–Crippen MR) is 110 cm³/mol. The molecule has 6 nitrogen and oxygen atoms in total. The molecule has 1 rings (SSSR count). The van der Waals surface area contributed by atoms with Crippen LogP contribution in [0.15, 0.2) is 11.8 Å². The largest absolute Gasteiger partial charge is 0.507 e. The summed E-state index contributed by atoms with van der Waals surface area (Å²) in [6, 6.07) is 0. The Labute approximate surface area is 172 Å². The van der Waals surface area contributed by atoms with Crippen molar-refractivity contribution in [1.29, 1.82) is 0 Å². The lowest BCUT2D eigenvalue weighted by molar-refractivity contribution is -0.237. The van der Waals surface area contributed by atoms with Crippen molar-refractivity contribution in [2.75, 3.05) is 13.7 Å². The molecule has 1 aliphatic heterocycles. The van der Waals surface area contributed by atoms with E-state index in [4.69, 9.17) is 10.8 Å². The molecule has 0 aromatic heterocycles. The van der Waals surface area contributed by atoms with Crippen LogP contribution in [-0.4, -0.2) is 58.2 Å². The van der Waals surface area contributed by atoms with Gasteiger partial charge in [0, 0.05) is 8.48 Å². The van der Waals surface area contributed by atoms with Crippen molar-refractivity contribution in [3.05, 3.63) is 11.8 Å². The molecule has 1 unspecified atom stereocenters. The number of hydrogen-bond donors (Lipinski definition) is 4. The van der Waals surface area contributed by atoms with Crippen LogP contribution in [0.25, 0.3) is 0 Å². The van der Waals surface area contributed by atoms with Gasteiger partial charge in [-0.2, -0.15) is 0 Å². The molecule has 1 heterocycles. The van der Waals surface area contributed by atoms with Crippen LogP contribution < -0.4 is 0 Å². The van der Waals surface area contributed by atoms with Gasteiger partial charge in [-0.25, -0.2) is 0 Å². The van der Waals surface area contributed by atoms with Crippen molar-refractivity contribution in [2.45, 2.75) is 114 Å². The zero-order valence-electron chi connectivity index (χ0n) is 18.5. The molecular formula is C22H42O6. The standard InChI is InChI=1S/C22H42O6/c1-3-4-5-6-7-8-9-10-11-12-13-14-15-16-19(24)22(27-2)21(26)20(25)18(17-23)28-22/h16,18,20-21,23-26H,3-15,17H2,1-2H3/t18-,20-,21+,22?/m1/s1/i1D. The summed E-state index contributed by atoms with van der Waals surface area (Å²) < 4.78 is 17.7. The first kappa shape index (κ1) is 23.6. The highest BCUT2D eigenvalue weighted by molar-refractivity contribution is 5.14. The Hall–Kier alpha value is -0.660. The number of allylic oxidation sites excluding steroid dienone is 1. The van der Waals surface area contributed by atoms with E-state index in [1.165, 1.54) is 58.5 Å². The molecule has 166 valence electrons. The van der Waals surface area contributed by atoms with Crippen molar-refractivity contribution in [3.8, 4) is 0 Å². The van der Waals surface area contributed by atoms with Crippen LogP contribution in [-0.2, 0) is 9.47 Å². The average molecular weight is 404 g/mol. The quantitative estimate of drug-likeness (QED) is 0.230. The van der Waals surface area contributed by atoms with Crippen LogP contribution in [0.1, 0.15) is 91.7 Å². The Morgan fingerprint density at radius 2 is 1.54 bits per heavy atom. The second kappa shape index (κ2) is 14.3. The van der Waals surface area contributed by atoms with E-state index < -0.39 is 30.7 Å².